The zero-order chi connectivity index (χ0) is 14.3. The molecule has 1 heterocycles. The molecule has 1 aliphatic rings. The van der Waals surface area contributed by atoms with E-state index in [0.29, 0.717) is 15.9 Å². The Kier molecular flexibility index (Phi) is 3.69. The third kappa shape index (κ3) is 2.31. The molecule has 2 unspecified atom stereocenters. The fourth-order valence-corrected chi connectivity index (χ4v) is 3.36. The van der Waals surface area contributed by atoms with Crippen LogP contribution in [0.15, 0.2) is 16.6 Å². The molecule has 4 nitrogen and oxygen atoms in total. The summed E-state index contributed by atoms with van der Waals surface area (Å²) < 4.78 is 15.8. The van der Waals surface area contributed by atoms with Crippen LogP contribution in [0.2, 0.25) is 0 Å². The quantitative estimate of drug-likeness (QED) is 0.781. The maximum atomic E-state index is 13.6. The van der Waals surface area contributed by atoms with E-state index in [9.17, 15) is 9.50 Å². The van der Waals surface area contributed by atoms with E-state index in [4.69, 9.17) is 5.73 Å². The normalized spacial score (nSPS) is 23.9. The van der Waals surface area contributed by atoms with Crippen LogP contribution in [0, 0.1) is 5.82 Å². The topological polar surface area (TPSA) is 64.1 Å². The highest BCUT2D eigenvalue weighted by Crippen LogP contribution is 2.34. The van der Waals surface area contributed by atoms with Crippen LogP contribution in [0.5, 0.6) is 0 Å². The van der Waals surface area contributed by atoms with E-state index in [0.717, 1.165) is 37.6 Å². The molecule has 0 aliphatic heterocycles. The minimum Gasteiger partial charge on any atom is -0.391 e. The average molecular weight is 342 g/mol. The number of hydrogen-bond acceptors (Lipinski definition) is 3. The summed E-state index contributed by atoms with van der Waals surface area (Å²) in [6.07, 6.45) is 4.42. The highest BCUT2D eigenvalue weighted by molar-refractivity contribution is 9.10. The van der Waals surface area contributed by atoms with Gasteiger partial charge in [0.15, 0.2) is 0 Å². The fourth-order valence-electron chi connectivity index (χ4n) is 3.03. The van der Waals surface area contributed by atoms with Gasteiger partial charge in [-0.1, -0.05) is 19.3 Å². The first-order valence-corrected chi connectivity index (χ1v) is 7.67. The summed E-state index contributed by atoms with van der Waals surface area (Å²) in [7, 11) is 0. The Morgan fingerprint density at radius 3 is 2.85 bits per heavy atom. The summed E-state index contributed by atoms with van der Waals surface area (Å²) in [5.41, 5.74) is 7.29. The molecule has 108 valence electrons. The Morgan fingerprint density at radius 1 is 1.30 bits per heavy atom. The summed E-state index contributed by atoms with van der Waals surface area (Å²) in [4.78, 5) is 4.22. The molecule has 0 spiro atoms. The molecule has 0 radical (unpaired) electrons. The number of benzene rings is 1. The van der Waals surface area contributed by atoms with Crippen LogP contribution in [-0.2, 0) is 0 Å². The van der Waals surface area contributed by atoms with Crippen LogP contribution >= 0.6 is 15.9 Å². The first-order valence-electron chi connectivity index (χ1n) is 6.88. The lowest BCUT2D eigenvalue weighted by Crippen LogP contribution is -2.24. The molecule has 0 bridgehead atoms. The van der Waals surface area contributed by atoms with Gasteiger partial charge < -0.3 is 15.4 Å². The molecule has 20 heavy (non-hydrogen) atoms. The monoisotopic (exact) mass is 341 g/mol. The molecule has 0 saturated heterocycles. The zero-order valence-electron chi connectivity index (χ0n) is 11.0. The van der Waals surface area contributed by atoms with Crippen molar-refractivity contribution >= 4 is 32.9 Å². The minimum atomic E-state index is -0.430. The number of nitrogens with two attached hydrogens (primary N) is 1. The van der Waals surface area contributed by atoms with Crippen LogP contribution < -0.4 is 5.73 Å². The van der Waals surface area contributed by atoms with E-state index < -0.39 is 6.10 Å². The number of nitrogen functional groups attached to an aromatic ring is 1. The van der Waals surface area contributed by atoms with Crippen molar-refractivity contribution in [3.8, 4) is 0 Å². The predicted octanol–water partition coefficient (Wildman–Crippen LogP) is 3.39. The Bertz CT molecular complexity index is 643. The van der Waals surface area contributed by atoms with E-state index in [1.807, 2.05) is 4.57 Å². The lowest BCUT2D eigenvalue weighted by molar-refractivity contribution is 0.108. The van der Waals surface area contributed by atoms with E-state index in [2.05, 4.69) is 20.9 Å². The molecule has 3 rings (SSSR count). The molecule has 0 amide bonds. The van der Waals surface area contributed by atoms with E-state index in [-0.39, 0.29) is 11.9 Å². The van der Waals surface area contributed by atoms with Crippen molar-refractivity contribution in [2.75, 3.05) is 5.73 Å². The maximum absolute atomic E-state index is 13.6. The Balaban J connectivity index is 2.14. The van der Waals surface area contributed by atoms with E-state index in [1.54, 1.807) is 6.07 Å². The predicted molar refractivity (Wildman–Crippen MR) is 79.9 cm³/mol. The van der Waals surface area contributed by atoms with Crippen molar-refractivity contribution in [1.29, 1.82) is 0 Å². The molecule has 2 atom stereocenters. The van der Waals surface area contributed by atoms with Gasteiger partial charge in [-0.3, -0.25) is 0 Å². The Hall–Kier alpha value is -1.14. The molecule has 1 aromatic carbocycles. The SMILES string of the molecule is Nc1nc2cc(F)c(Br)cc2n1C1CCCCCC1O. The lowest BCUT2D eigenvalue weighted by atomic mass is 10.1. The van der Waals surface area contributed by atoms with Gasteiger partial charge in [-0.2, -0.15) is 0 Å². The van der Waals surface area contributed by atoms with Crippen LogP contribution in [0.3, 0.4) is 0 Å². The molecular weight excluding hydrogens is 325 g/mol. The number of hydrogen-bond donors (Lipinski definition) is 2. The van der Waals surface area contributed by atoms with Gasteiger partial charge >= 0.3 is 0 Å². The third-order valence-corrected chi connectivity index (χ3v) is 4.64. The summed E-state index contributed by atoms with van der Waals surface area (Å²) >= 11 is 3.19. The highest BCUT2D eigenvalue weighted by Gasteiger charge is 2.26. The molecule has 1 saturated carbocycles. The summed E-state index contributed by atoms with van der Waals surface area (Å²) in [6.45, 7) is 0. The summed E-state index contributed by atoms with van der Waals surface area (Å²) in [6, 6.07) is 2.97. The molecule has 2 aromatic rings. The van der Waals surface area contributed by atoms with Crippen molar-refractivity contribution in [3.63, 3.8) is 0 Å². The largest absolute Gasteiger partial charge is 0.391 e. The number of halogens is 2. The van der Waals surface area contributed by atoms with Crippen molar-refractivity contribution in [2.45, 2.75) is 44.2 Å². The van der Waals surface area contributed by atoms with Crippen molar-refractivity contribution in [2.24, 2.45) is 0 Å². The van der Waals surface area contributed by atoms with E-state index >= 15 is 0 Å². The van der Waals surface area contributed by atoms with Gasteiger partial charge in [-0.25, -0.2) is 9.37 Å². The van der Waals surface area contributed by atoms with Gasteiger partial charge in [-0.15, -0.1) is 0 Å². The average Bonchev–Trinajstić information content (AvgIpc) is 2.58. The Morgan fingerprint density at radius 2 is 2.05 bits per heavy atom. The van der Waals surface area contributed by atoms with E-state index in [1.165, 1.54) is 6.07 Å². The maximum Gasteiger partial charge on any atom is 0.201 e. The lowest BCUT2D eigenvalue weighted by Gasteiger charge is -2.23. The molecule has 1 aliphatic carbocycles. The van der Waals surface area contributed by atoms with Crippen molar-refractivity contribution in [1.82, 2.24) is 9.55 Å². The molecule has 6 heteroatoms. The van der Waals surface area contributed by atoms with Gasteiger partial charge in [0.1, 0.15) is 5.82 Å². The summed E-state index contributed by atoms with van der Waals surface area (Å²) in [5.74, 6) is -0.0213. The smallest absolute Gasteiger partial charge is 0.201 e. The third-order valence-electron chi connectivity index (χ3n) is 4.03. The number of aromatic nitrogens is 2. The Labute approximate surface area is 124 Å². The fraction of sp³-hybridized carbons (Fsp3) is 0.500. The van der Waals surface area contributed by atoms with Gasteiger partial charge in [0.2, 0.25) is 5.95 Å². The first kappa shape index (κ1) is 13.8. The van der Waals surface area contributed by atoms with Crippen molar-refractivity contribution in [3.05, 3.63) is 22.4 Å². The molecular formula is C14H17BrFN3O. The number of imidazole rings is 1. The number of rotatable bonds is 1. The summed E-state index contributed by atoms with van der Waals surface area (Å²) in [5, 5.41) is 10.3. The van der Waals surface area contributed by atoms with Crippen LogP contribution in [0.25, 0.3) is 11.0 Å². The number of aliphatic hydroxyl groups is 1. The van der Waals surface area contributed by atoms with Crippen molar-refractivity contribution < 1.29 is 9.50 Å². The first-order chi connectivity index (χ1) is 9.58. The number of fused-ring (bicyclic) bond motifs is 1. The molecule has 1 fully saturated rings. The van der Waals surface area contributed by atoms with Gasteiger partial charge in [0, 0.05) is 6.07 Å². The van der Waals surface area contributed by atoms with Gasteiger partial charge in [0.25, 0.3) is 0 Å². The molecule has 1 aromatic heterocycles. The van der Waals surface area contributed by atoms with Crippen LogP contribution in [0.1, 0.15) is 38.1 Å². The zero-order valence-corrected chi connectivity index (χ0v) is 12.6. The second-order valence-electron chi connectivity index (χ2n) is 5.37. The van der Waals surface area contributed by atoms with Crippen LogP contribution in [0.4, 0.5) is 10.3 Å². The molecule has 3 N–H and O–H groups in total. The van der Waals surface area contributed by atoms with Crippen LogP contribution in [-0.4, -0.2) is 20.8 Å². The standard InChI is InChI=1S/C14H17BrFN3O/c15-8-6-12-10(7-9(8)16)18-14(17)19(12)11-4-2-1-3-5-13(11)20/h6-7,11,13,20H,1-5H2,(H2,17,18). The second kappa shape index (κ2) is 5.33. The van der Waals surface area contributed by atoms with Gasteiger partial charge in [-0.05, 0) is 34.8 Å². The second-order valence-corrected chi connectivity index (χ2v) is 6.22. The van der Waals surface area contributed by atoms with Gasteiger partial charge in [0.05, 0.1) is 27.7 Å². The highest BCUT2D eigenvalue weighted by atomic mass is 79.9. The number of nitrogens with zero attached hydrogens (tertiary/aromatic N) is 2. The minimum absolute atomic E-state index is 0.0835. The number of aliphatic hydroxyl groups excluding tert-OH is 1. The number of anilines is 1.